The van der Waals surface area contributed by atoms with Crippen LogP contribution in [0.2, 0.25) is 0 Å². The summed E-state index contributed by atoms with van der Waals surface area (Å²) >= 11 is 0. The maximum Gasteiger partial charge on any atom is 0.260 e. The van der Waals surface area contributed by atoms with E-state index in [0.29, 0.717) is 12.3 Å². The normalized spacial score (nSPS) is 16.9. The van der Waals surface area contributed by atoms with Crippen molar-refractivity contribution in [3.05, 3.63) is 54.9 Å². The number of aromatic nitrogens is 6. The van der Waals surface area contributed by atoms with Gasteiger partial charge < -0.3 is 9.64 Å². The van der Waals surface area contributed by atoms with Crippen molar-refractivity contribution in [1.29, 1.82) is 0 Å². The van der Waals surface area contributed by atoms with E-state index in [1.54, 1.807) is 29.3 Å². The molecule has 4 rings (SSSR count). The van der Waals surface area contributed by atoms with Crippen LogP contribution in [0.3, 0.4) is 0 Å². The summed E-state index contributed by atoms with van der Waals surface area (Å²) in [6, 6.07) is 9.18. The number of carbonyl (C=O) groups is 1. The number of tetrazole rings is 1. The highest BCUT2D eigenvalue weighted by Crippen LogP contribution is 2.25. The molecule has 0 radical (unpaired) electrons. The zero-order valence-corrected chi connectivity index (χ0v) is 14.7. The molecule has 0 N–H and O–H groups in total. The van der Waals surface area contributed by atoms with E-state index < -0.39 is 0 Å². The Morgan fingerprint density at radius 1 is 1.22 bits per heavy atom. The molecular weight excluding hydrogens is 346 g/mol. The predicted octanol–water partition coefficient (Wildman–Crippen LogP) is 1.24. The monoisotopic (exact) mass is 365 g/mol. The summed E-state index contributed by atoms with van der Waals surface area (Å²) < 4.78 is 7.21. The van der Waals surface area contributed by atoms with E-state index in [1.807, 2.05) is 23.1 Å². The van der Waals surface area contributed by atoms with Gasteiger partial charge in [-0.2, -0.15) is 0 Å². The molecule has 1 amide bonds. The summed E-state index contributed by atoms with van der Waals surface area (Å²) in [6.45, 7) is 1.43. The van der Waals surface area contributed by atoms with Gasteiger partial charge in [-0.15, -0.1) is 5.10 Å². The van der Waals surface area contributed by atoms with Crippen molar-refractivity contribution in [2.24, 2.45) is 0 Å². The molecule has 1 saturated heterocycles. The first kappa shape index (κ1) is 17.1. The fraction of sp³-hybridized carbons (Fsp3) is 0.333. The number of ether oxygens (including phenoxy) is 1. The van der Waals surface area contributed by atoms with E-state index in [1.165, 1.54) is 6.33 Å². The molecule has 9 nitrogen and oxygen atoms in total. The van der Waals surface area contributed by atoms with Gasteiger partial charge in [0.1, 0.15) is 18.4 Å². The zero-order valence-electron chi connectivity index (χ0n) is 14.7. The van der Waals surface area contributed by atoms with Crippen LogP contribution in [0.5, 0.6) is 5.75 Å². The van der Waals surface area contributed by atoms with E-state index in [-0.39, 0.29) is 18.4 Å². The predicted molar refractivity (Wildman–Crippen MR) is 95.2 cm³/mol. The molecule has 0 bridgehead atoms. The molecule has 138 valence electrons. The number of hydrogen-bond donors (Lipinski definition) is 0. The fourth-order valence-corrected chi connectivity index (χ4v) is 3.20. The van der Waals surface area contributed by atoms with E-state index in [2.05, 4.69) is 25.5 Å². The van der Waals surface area contributed by atoms with Crippen molar-refractivity contribution in [3.8, 4) is 11.4 Å². The lowest BCUT2D eigenvalue weighted by atomic mass is 9.94. The SMILES string of the molecule is O=C(COc1ccc(-n2cnnn2)cc1)N1CCC[C@H](c2ccncn2)C1. The van der Waals surface area contributed by atoms with E-state index in [9.17, 15) is 4.79 Å². The molecule has 1 aliphatic heterocycles. The van der Waals surface area contributed by atoms with Crippen LogP contribution in [-0.2, 0) is 4.79 Å². The van der Waals surface area contributed by atoms with Crippen molar-refractivity contribution < 1.29 is 9.53 Å². The average Bonchev–Trinajstić information content (AvgIpc) is 3.28. The highest BCUT2D eigenvalue weighted by atomic mass is 16.5. The van der Waals surface area contributed by atoms with Crippen molar-refractivity contribution in [1.82, 2.24) is 35.1 Å². The zero-order chi connectivity index (χ0) is 18.5. The molecular formula is C18H19N7O2. The minimum absolute atomic E-state index is 0.0146. The van der Waals surface area contributed by atoms with E-state index in [4.69, 9.17) is 4.74 Å². The third kappa shape index (κ3) is 4.08. The Morgan fingerprint density at radius 2 is 2.11 bits per heavy atom. The number of benzene rings is 1. The van der Waals surface area contributed by atoms with Crippen LogP contribution in [-0.4, -0.2) is 60.7 Å². The topological polar surface area (TPSA) is 98.9 Å². The summed E-state index contributed by atoms with van der Waals surface area (Å²) in [7, 11) is 0. The first-order chi connectivity index (χ1) is 13.3. The summed E-state index contributed by atoms with van der Waals surface area (Å²) in [4.78, 5) is 22.7. The molecule has 27 heavy (non-hydrogen) atoms. The van der Waals surface area contributed by atoms with Crippen LogP contribution in [0.4, 0.5) is 0 Å². The van der Waals surface area contributed by atoms with Crippen LogP contribution < -0.4 is 4.74 Å². The van der Waals surface area contributed by atoms with Gasteiger partial charge in [-0.25, -0.2) is 14.6 Å². The standard InChI is InChI=1S/C18H19N7O2/c26-18(24-9-1-2-14(10-24)17-7-8-19-12-20-17)11-27-16-5-3-15(4-6-16)25-13-21-22-23-25/h3-8,12-14H,1-2,9-11H2/t14-/m0/s1. The van der Waals surface area contributed by atoms with E-state index in [0.717, 1.165) is 30.8 Å². The van der Waals surface area contributed by atoms with Gasteiger partial charge in [-0.1, -0.05) is 0 Å². The van der Waals surface area contributed by atoms with E-state index >= 15 is 0 Å². The number of likely N-dealkylation sites (tertiary alicyclic amines) is 1. The van der Waals surface area contributed by atoms with Crippen LogP contribution in [0.1, 0.15) is 24.5 Å². The fourth-order valence-electron chi connectivity index (χ4n) is 3.20. The summed E-state index contributed by atoms with van der Waals surface area (Å²) in [5.74, 6) is 0.865. The van der Waals surface area contributed by atoms with Gasteiger partial charge in [0.05, 0.1) is 5.69 Å². The molecule has 1 aliphatic rings. The van der Waals surface area contributed by atoms with Crippen LogP contribution in [0, 0.1) is 0 Å². The van der Waals surface area contributed by atoms with Crippen LogP contribution >= 0.6 is 0 Å². The number of carbonyl (C=O) groups excluding carboxylic acids is 1. The number of rotatable bonds is 5. The Hall–Kier alpha value is -3.36. The van der Waals surface area contributed by atoms with Crippen LogP contribution in [0.25, 0.3) is 5.69 Å². The lowest BCUT2D eigenvalue weighted by molar-refractivity contribution is -0.134. The highest BCUT2D eigenvalue weighted by molar-refractivity contribution is 5.78. The Labute approximate surface area is 156 Å². The van der Waals surface area contributed by atoms with Gasteiger partial charge >= 0.3 is 0 Å². The minimum Gasteiger partial charge on any atom is -0.484 e. The second kappa shape index (κ2) is 7.90. The van der Waals surface area contributed by atoms with Crippen molar-refractivity contribution in [2.75, 3.05) is 19.7 Å². The van der Waals surface area contributed by atoms with Crippen LogP contribution in [0.15, 0.2) is 49.2 Å². The first-order valence-corrected chi connectivity index (χ1v) is 8.79. The van der Waals surface area contributed by atoms with Crippen molar-refractivity contribution >= 4 is 5.91 Å². The lowest BCUT2D eigenvalue weighted by Crippen LogP contribution is -2.41. The minimum atomic E-state index is -0.0155. The Kier molecular flexibility index (Phi) is 4.99. The Balaban J connectivity index is 1.32. The molecule has 2 aromatic heterocycles. The number of piperidine rings is 1. The number of hydrogen-bond acceptors (Lipinski definition) is 7. The third-order valence-corrected chi connectivity index (χ3v) is 4.61. The third-order valence-electron chi connectivity index (χ3n) is 4.61. The van der Waals surface area contributed by atoms with Gasteiger partial charge in [-0.3, -0.25) is 4.79 Å². The largest absolute Gasteiger partial charge is 0.484 e. The second-order valence-electron chi connectivity index (χ2n) is 6.35. The van der Waals surface area contributed by atoms with Gasteiger partial charge in [0.2, 0.25) is 0 Å². The molecule has 1 aromatic carbocycles. The maximum atomic E-state index is 12.5. The van der Waals surface area contributed by atoms with Gasteiger partial charge in [0.25, 0.3) is 5.91 Å². The summed E-state index contributed by atoms with van der Waals surface area (Å²) in [5.41, 5.74) is 1.81. The molecule has 3 heterocycles. The summed E-state index contributed by atoms with van der Waals surface area (Å²) in [5, 5.41) is 11.0. The maximum absolute atomic E-state index is 12.5. The molecule has 0 spiro atoms. The lowest BCUT2D eigenvalue weighted by Gasteiger charge is -2.32. The second-order valence-corrected chi connectivity index (χ2v) is 6.35. The summed E-state index contributed by atoms with van der Waals surface area (Å²) in [6.07, 6.45) is 6.80. The Morgan fingerprint density at radius 3 is 2.85 bits per heavy atom. The number of amides is 1. The molecule has 0 unspecified atom stereocenters. The van der Waals surface area contributed by atoms with Gasteiger partial charge in [-0.05, 0) is 53.6 Å². The highest BCUT2D eigenvalue weighted by Gasteiger charge is 2.25. The molecule has 0 saturated carbocycles. The van der Waals surface area contributed by atoms with Crippen molar-refractivity contribution in [3.63, 3.8) is 0 Å². The quantitative estimate of drug-likeness (QED) is 0.671. The molecule has 1 atom stereocenters. The molecule has 9 heteroatoms. The van der Waals surface area contributed by atoms with Gasteiger partial charge in [0.15, 0.2) is 6.61 Å². The smallest absolute Gasteiger partial charge is 0.260 e. The van der Waals surface area contributed by atoms with Crippen molar-refractivity contribution in [2.45, 2.75) is 18.8 Å². The number of nitrogens with zero attached hydrogens (tertiary/aromatic N) is 7. The molecule has 3 aromatic rings. The molecule has 0 aliphatic carbocycles. The Bertz CT molecular complexity index is 868. The molecule has 1 fully saturated rings. The van der Waals surface area contributed by atoms with Gasteiger partial charge in [0, 0.05) is 30.9 Å². The first-order valence-electron chi connectivity index (χ1n) is 8.79. The average molecular weight is 365 g/mol.